The van der Waals surface area contributed by atoms with Crippen molar-refractivity contribution in [3.05, 3.63) is 78.0 Å². The molecule has 11 nitrogen and oxygen atoms in total. The van der Waals surface area contributed by atoms with Gasteiger partial charge in [-0.3, -0.25) is 14.7 Å². The molecule has 4 fully saturated rings. The van der Waals surface area contributed by atoms with Crippen molar-refractivity contribution in [3.63, 3.8) is 0 Å². The lowest BCUT2D eigenvalue weighted by Crippen LogP contribution is -2.56. The molecule has 0 spiro atoms. The molecule has 53 heavy (non-hydrogen) atoms. The SMILES string of the molecule is CC[C@H]1CN2CC[C@H]1C[C@@H]2[C@@H](Oc1ccc(N2CCC[C@@H]2C(=O)N2CCc3ccccc32)nn1)c1ccnc2ccc(OC)cc12.O=C(O)C(F)(F)F. The molecule has 5 aliphatic heterocycles. The van der Waals surface area contributed by atoms with E-state index < -0.39 is 12.1 Å². The first kappa shape index (κ1) is 36.4. The molecule has 2 aromatic heterocycles. The summed E-state index contributed by atoms with van der Waals surface area (Å²) in [5.74, 6) is 0.847. The van der Waals surface area contributed by atoms with Crippen LogP contribution in [0.1, 0.15) is 56.3 Å². The number of hydrogen-bond acceptors (Lipinski definition) is 9. The second-order valence-electron chi connectivity index (χ2n) is 14.1. The number of carboxylic acid groups (broad SMARTS) is 1. The first-order valence-corrected chi connectivity index (χ1v) is 18.2. The van der Waals surface area contributed by atoms with Crippen LogP contribution in [0.5, 0.6) is 11.6 Å². The van der Waals surface area contributed by atoms with E-state index in [1.165, 1.54) is 18.4 Å². The maximum atomic E-state index is 13.8. The summed E-state index contributed by atoms with van der Waals surface area (Å²) in [6, 6.07) is 20.2. The van der Waals surface area contributed by atoms with E-state index >= 15 is 0 Å². The minimum Gasteiger partial charge on any atom is -0.497 e. The normalized spacial score (nSPS) is 24.0. The molecule has 0 aliphatic carbocycles. The van der Waals surface area contributed by atoms with Gasteiger partial charge in [0.2, 0.25) is 11.8 Å². The molecule has 1 N–H and O–H groups in total. The van der Waals surface area contributed by atoms with Crippen LogP contribution in [0.15, 0.2) is 66.9 Å². The number of ether oxygens (including phenoxy) is 2. The second-order valence-corrected chi connectivity index (χ2v) is 14.1. The largest absolute Gasteiger partial charge is 0.497 e. The van der Waals surface area contributed by atoms with Crippen LogP contribution in [-0.4, -0.2) is 88.6 Å². The number of benzene rings is 2. The third kappa shape index (κ3) is 7.46. The highest BCUT2D eigenvalue weighted by atomic mass is 19.4. The molecule has 280 valence electrons. The molecular weight excluding hydrogens is 689 g/mol. The minimum absolute atomic E-state index is 0.149. The van der Waals surface area contributed by atoms with Crippen LogP contribution in [0, 0.1) is 11.8 Å². The number of anilines is 2. The fourth-order valence-corrected chi connectivity index (χ4v) is 8.53. The number of hydrogen-bond donors (Lipinski definition) is 1. The van der Waals surface area contributed by atoms with E-state index in [4.69, 9.17) is 19.4 Å². The van der Waals surface area contributed by atoms with Gasteiger partial charge in [-0.1, -0.05) is 31.5 Å². The van der Waals surface area contributed by atoms with Gasteiger partial charge in [0.25, 0.3) is 0 Å². The van der Waals surface area contributed by atoms with Crippen LogP contribution < -0.4 is 19.3 Å². The number of halogens is 3. The summed E-state index contributed by atoms with van der Waals surface area (Å²) in [6.07, 6.45) is 2.78. The van der Waals surface area contributed by atoms with Gasteiger partial charge in [0.1, 0.15) is 17.9 Å². The molecule has 4 aromatic rings. The predicted octanol–water partition coefficient (Wildman–Crippen LogP) is 6.47. The molecule has 9 rings (SSSR count). The number of carbonyl (C=O) groups is 2. The van der Waals surface area contributed by atoms with E-state index in [-0.39, 0.29) is 24.1 Å². The molecule has 7 heterocycles. The maximum Gasteiger partial charge on any atom is 0.490 e. The third-order valence-corrected chi connectivity index (χ3v) is 11.2. The summed E-state index contributed by atoms with van der Waals surface area (Å²) in [5.41, 5.74) is 4.29. The van der Waals surface area contributed by atoms with Crippen molar-refractivity contribution >= 4 is 34.3 Å². The van der Waals surface area contributed by atoms with Crippen LogP contribution >= 0.6 is 0 Å². The smallest absolute Gasteiger partial charge is 0.490 e. The number of carbonyl (C=O) groups excluding carboxylic acids is 1. The standard InChI is InChI=1S/C37H42N6O3.C2HF3O2/c1-3-24-23-41-19-15-26(24)21-33(41)36(28-14-17-38-30-11-10-27(45-2)22-29(28)30)46-35-13-12-34(39-40-35)42-18-6-9-32(42)37(44)43-20-16-25-7-4-5-8-31(25)43;3-2(4,5)1(6)7/h4-5,7-8,10-14,17,22,24,26,32-33,36H,3,6,9,15-16,18-21,23H2,1-2H3;(H,6,7)/t24-,26-,32+,33+,36-;/m0./s1. The highest BCUT2D eigenvalue weighted by Crippen LogP contribution is 2.44. The molecule has 2 bridgehead atoms. The number of nitrogens with zero attached hydrogens (tertiary/aromatic N) is 6. The zero-order valence-corrected chi connectivity index (χ0v) is 29.7. The Bertz CT molecular complexity index is 1950. The van der Waals surface area contributed by atoms with E-state index in [9.17, 15) is 18.0 Å². The number of pyridine rings is 1. The molecular formula is C39H43F3N6O5. The number of carboxylic acids is 1. The van der Waals surface area contributed by atoms with Crippen molar-refractivity contribution in [3.8, 4) is 11.6 Å². The van der Waals surface area contributed by atoms with Crippen LogP contribution in [0.4, 0.5) is 24.7 Å². The first-order valence-electron chi connectivity index (χ1n) is 18.2. The minimum atomic E-state index is -5.08. The Morgan fingerprint density at radius 1 is 1.02 bits per heavy atom. The topological polar surface area (TPSA) is 121 Å². The maximum absolute atomic E-state index is 13.8. The summed E-state index contributed by atoms with van der Waals surface area (Å²) >= 11 is 0. The molecule has 1 amide bonds. The summed E-state index contributed by atoms with van der Waals surface area (Å²) in [6.45, 7) is 6.03. The van der Waals surface area contributed by atoms with Gasteiger partial charge in [0.05, 0.1) is 18.7 Å². The summed E-state index contributed by atoms with van der Waals surface area (Å²) in [7, 11) is 1.70. The summed E-state index contributed by atoms with van der Waals surface area (Å²) in [4.78, 5) is 34.0. The Labute approximate surface area is 305 Å². The monoisotopic (exact) mass is 732 g/mol. The number of aliphatic carboxylic acids is 1. The number of methoxy groups -OCH3 is 1. The Balaban J connectivity index is 0.000000568. The number of para-hydroxylation sites is 1. The van der Waals surface area contributed by atoms with Crippen molar-refractivity contribution in [1.29, 1.82) is 0 Å². The fraction of sp³-hybridized carbons (Fsp3) is 0.462. The van der Waals surface area contributed by atoms with Gasteiger partial charge in [-0.25, -0.2) is 4.79 Å². The van der Waals surface area contributed by atoms with E-state index in [2.05, 4.69) is 56.2 Å². The second kappa shape index (κ2) is 15.2. The van der Waals surface area contributed by atoms with Crippen molar-refractivity contribution in [2.45, 2.75) is 69.8 Å². The van der Waals surface area contributed by atoms with Crippen LogP contribution in [-0.2, 0) is 16.0 Å². The van der Waals surface area contributed by atoms with E-state index in [1.807, 2.05) is 47.5 Å². The van der Waals surface area contributed by atoms with Crippen molar-refractivity contribution in [1.82, 2.24) is 20.1 Å². The number of aromatic nitrogens is 3. The zero-order valence-electron chi connectivity index (χ0n) is 29.7. The third-order valence-electron chi connectivity index (χ3n) is 11.2. The number of piperidine rings is 3. The number of amides is 1. The molecule has 0 radical (unpaired) electrons. The Morgan fingerprint density at radius 3 is 2.53 bits per heavy atom. The van der Waals surface area contributed by atoms with Crippen molar-refractivity contribution < 1.29 is 37.3 Å². The van der Waals surface area contributed by atoms with Crippen molar-refractivity contribution in [2.24, 2.45) is 11.8 Å². The Kier molecular flexibility index (Phi) is 10.4. The van der Waals surface area contributed by atoms with Gasteiger partial charge < -0.3 is 24.4 Å². The van der Waals surface area contributed by atoms with E-state index in [0.29, 0.717) is 11.8 Å². The van der Waals surface area contributed by atoms with Crippen LogP contribution in [0.25, 0.3) is 10.9 Å². The van der Waals surface area contributed by atoms with Crippen LogP contribution in [0.3, 0.4) is 0 Å². The van der Waals surface area contributed by atoms with Gasteiger partial charge >= 0.3 is 12.1 Å². The van der Waals surface area contributed by atoms with Crippen molar-refractivity contribution in [2.75, 3.05) is 43.1 Å². The summed E-state index contributed by atoms with van der Waals surface area (Å²) in [5, 5.41) is 17.4. The summed E-state index contributed by atoms with van der Waals surface area (Å²) < 4.78 is 44.2. The van der Waals surface area contributed by atoms with Gasteiger partial charge in [0, 0.05) is 48.5 Å². The average molecular weight is 733 g/mol. The van der Waals surface area contributed by atoms with Gasteiger partial charge in [-0.2, -0.15) is 13.2 Å². The molecule has 4 saturated heterocycles. The molecule has 0 saturated carbocycles. The number of fused-ring (bicyclic) bond motifs is 5. The van der Waals surface area contributed by atoms with Crippen LogP contribution in [0.2, 0.25) is 0 Å². The molecule has 5 aliphatic rings. The van der Waals surface area contributed by atoms with E-state index in [1.54, 1.807) is 7.11 Å². The zero-order chi connectivity index (χ0) is 37.3. The lowest BCUT2D eigenvalue weighted by molar-refractivity contribution is -0.192. The molecule has 6 atom stereocenters. The quantitative estimate of drug-likeness (QED) is 0.216. The number of alkyl halides is 3. The highest BCUT2D eigenvalue weighted by molar-refractivity contribution is 6.00. The van der Waals surface area contributed by atoms with Gasteiger partial charge in [-0.15, -0.1) is 10.2 Å². The highest BCUT2D eigenvalue weighted by Gasteiger charge is 2.44. The average Bonchev–Trinajstić information content (AvgIpc) is 3.85. The van der Waals surface area contributed by atoms with Gasteiger partial charge in [0.15, 0.2) is 5.82 Å². The van der Waals surface area contributed by atoms with Gasteiger partial charge in [-0.05, 0) is 92.4 Å². The number of rotatable bonds is 8. The van der Waals surface area contributed by atoms with E-state index in [0.717, 1.165) is 91.5 Å². The first-order chi connectivity index (χ1) is 25.5. The molecule has 1 unspecified atom stereocenters. The lowest BCUT2D eigenvalue weighted by Gasteiger charge is -2.51. The molecule has 2 aromatic carbocycles. The predicted molar refractivity (Wildman–Crippen MR) is 192 cm³/mol. The molecule has 14 heteroatoms. The fourth-order valence-electron chi connectivity index (χ4n) is 8.53. The lowest BCUT2D eigenvalue weighted by atomic mass is 9.72. The Hall–Kier alpha value is -4.98. The Morgan fingerprint density at radius 2 is 1.83 bits per heavy atom.